The van der Waals surface area contributed by atoms with E-state index in [1.165, 1.54) is 6.07 Å². The molecule has 0 aliphatic carbocycles. The minimum atomic E-state index is -0.263. The van der Waals surface area contributed by atoms with Crippen molar-refractivity contribution in [3.8, 4) is 0 Å². The quantitative estimate of drug-likeness (QED) is 0.404. The SMILES string of the molecule is CC(c1ccccc1)C(Br)c1cc(Cl)c(Br)cc1F. The van der Waals surface area contributed by atoms with Crippen LogP contribution in [0.15, 0.2) is 46.9 Å². The maximum Gasteiger partial charge on any atom is 0.128 e. The van der Waals surface area contributed by atoms with Crippen LogP contribution in [0.4, 0.5) is 4.39 Å². The van der Waals surface area contributed by atoms with E-state index in [2.05, 4.69) is 38.8 Å². The molecule has 0 fully saturated rings. The Morgan fingerprint density at radius 1 is 1.16 bits per heavy atom. The molecule has 0 saturated carbocycles. The van der Waals surface area contributed by atoms with E-state index < -0.39 is 0 Å². The van der Waals surface area contributed by atoms with Crippen LogP contribution in [-0.2, 0) is 0 Å². The van der Waals surface area contributed by atoms with Gasteiger partial charge in [0.2, 0.25) is 0 Å². The highest BCUT2D eigenvalue weighted by Gasteiger charge is 2.22. The molecule has 0 bridgehead atoms. The zero-order chi connectivity index (χ0) is 14.0. The lowest BCUT2D eigenvalue weighted by Gasteiger charge is -2.20. The van der Waals surface area contributed by atoms with Gasteiger partial charge in [-0.25, -0.2) is 4.39 Å². The molecule has 0 aliphatic rings. The van der Waals surface area contributed by atoms with Crippen LogP contribution in [0.1, 0.15) is 28.8 Å². The summed E-state index contributed by atoms with van der Waals surface area (Å²) in [6.07, 6.45) is 0. The van der Waals surface area contributed by atoms with Gasteiger partial charge < -0.3 is 0 Å². The summed E-state index contributed by atoms with van der Waals surface area (Å²) < 4.78 is 14.6. The Morgan fingerprint density at radius 3 is 2.42 bits per heavy atom. The normalized spacial score (nSPS) is 14.2. The minimum absolute atomic E-state index is 0.125. The molecule has 2 aromatic carbocycles. The van der Waals surface area contributed by atoms with Gasteiger partial charge in [-0.2, -0.15) is 0 Å². The monoisotopic (exact) mass is 404 g/mol. The summed E-state index contributed by atoms with van der Waals surface area (Å²) in [5, 5.41) is 0.515. The topological polar surface area (TPSA) is 0 Å². The average molecular weight is 407 g/mol. The number of halogens is 4. The Bertz CT molecular complexity index is 572. The predicted octanol–water partition coefficient (Wildman–Crippen LogP) is 6.48. The van der Waals surface area contributed by atoms with Crippen LogP contribution in [0.5, 0.6) is 0 Å². The highest BCUT2D eigenvalue weighted by atomic mass is 79.9. The predicted molar refractivity (Wildman–Crippen MR) is 85.6 cm³/mol. The summed E-state index contributed by atoms with van der Waals surface area (Å²) in [6, 6.07) is 13.1. The van der Waals surface area contributed by atoms with Crippen molar-refractivity contribution in [3.05, 3.63) is 68.9 Å². The van der Waals surface area contributed by atoms with Crippen LogP contribution in [0, 0.1) is 5.82 Å². The van der Waals surface area contributed by atoms with Crippen molar-refractivity contribution in [2.75, 3.05) is 0 Å². The molecular weight excluding hydrogens is 394 g/mol. The lowest BCUT2D eigenvalue weighted by Crippen LogP contribution is -2.04. The van der Waals surface area contributed by atoms with Gasteiger partial charge in [0.15, 0.2) is 0 Å². The summed E-state index contributed by atoms with van der Waals surface area (Å²) in [6.45, 7) is 2.06. The second kappa shape index (κ2) is 6.38. The second-order valence-electron chi connectivity index (χ2n) is 4.39. The summed E-state index contributed by atoms with van der Waals surface area (Å²) in [7, 11) is 0. The Hall–Kier alpha value is -0.380. The first kappa shape index (κ1) is 15.0. The van der Waals surface area contributed by atoms with Gasteiger partial charge in [0.1, 0.15) is 5.82 Å². The summed E-state index contributed by atoms with van der Waals surface area (Å²) in [4.78, 5) is -0.125. The first-order valence-corrected chi connectivity index (χ1v) is 7.93. The molecule has 100 valence electrons. The third-order valence-electron chi connectivity index (χ3n) is 3.10. The van der Waals surface area contributed by atoms with Crippen LogP contribution in [0.25, 0.3) is 0 Å². The van der Waals surface area contributed by atoms with Crippen LogP contribution >= 0.6 is 43.5 Å². The van der Waals surface area contributed by atoms with Crippen LogP contribution < -0.4 is 0 Å². The van der Waals surface area contributed by atoms with Gasteiger partial charge >= 0.3 is 0 Å². The van der Waals surface area contributed by atoms with E-state index in [0.717, 1.165) is 5.56 Å². The Labute approximate surface area is 134 Å². The molecule has 0 aliphatic heterocycles. The fourth-order valence-electron chi connectivity index (χ4n) is 1.94. The van der Waals surface area contributed by atoms with E-state index >= 15 is 0 Å². The number of hydrogen-bond acceptors (Lipinski definition) is 0. The number of hydrogen-bond donors (Lipinski definition) is 0. The van der Waals surface area contributed by atoms with Crippen LogP contribution in [0.2, 0.25) is 5.02 Å². The molecule has 0 N–H and O–H groups in total. The molecule has 0 amide bonds. The molecule has 2 unspecified atom stereocenters. The van der Waals surface area contributed by atoms with E-state index in [4.69, 9.17) is 11.6 Å². The number of alkyl halides is 1. The van der Waals surface area contributed by atoms with Crippen molar-refractivity contribution >= 4 is 43.5 Å². The molecule has 19 heavy (non-hydrogen) atoms. The molecule has 2 rings (SSSR count). The van der Waals surface area contributed by atoms with Crippen molar-refractivity contribution < 1.29 is 4.39 Å². The third kappa shape index (κ3) is 3.39. The summed E-state index contributed by atoms with van der Waals surface area (Å²) >= 11 is 12.9. The zero-order valence-electron chi connectivity index (χ0n) is 10.2. The van der Waals surface area contributed by atoms with Crippen molar-refractivity contribution in [1.29, 1.82) is 0 Å². The summed E-state index contributed by atoms with van der Waals surface area (Å²) in [5.41, 5.74) is 1.73. The van der Waals surface area contributed by atoms with Crippen molar-refractivity contribution in [2.24, 2.45) is 0 Å². The molecule has 4 heteroatoms. The second-order valence-corrected chi connectivity index (χ2v) is 6.64. The molecule has 0 saturated heterocycles. The van der Waals surface area contributed by atoms with E-state index in [0.29, 0.717) is 15.1 Å². The fourth-order valence-corrected chi connectivity index (χ4v) is 3.09. The highest BCUT2D eigenvalue weighted by molar-refractivity contribution is 9.10. The highest BCUT2D eigenvalue weighted by Crippen LogP contribution is 2.40. The molecular formula is C15H12Br2ClF. The van der Waals surface area contributed by atoms with Gasteiger partial charge in [0.05, 0.1) is 5.02 Å². The lowest BCUT2D eigenvalue weighted by atomic mass is 9.93. The third-order valence-corrected chi connectivity index (χ3v) is 5.58. The lowest BCUT2D eigenvalue weighted by molar-refractivity contribution is 0.595. The first-order chi connectivity index (χ1) is 9.00. The van der Waals surface area contributed by atoms with Crippen molar-refractivity contribution in [1.82, 2.24) is 0 Å². The van der Waals surface area contributed by atoms with Crippen molar-refractivity contribution in [3.63, 3.8) is 0 Å². The largest absolute Gasteiger partial charge is 0.207 e. The minimum Gasteiger partial charge on any atom is -0.207 e. The van der Waals surface area contributed by atoms with E-state index in [-0.39, 0.29) is 16.6 Å². The molecule has 0 spiro atoms. The zero-order valence-corrected chi connectivity index (χ0v) is 14.1. The Kier molecular flexibility index (Phi) is 5.04. The number of benzene rings is 2. The molecule has 2 atom stereocenters. The van der Waals surface area contributed by atoms with Gasteiger partial charge in [-0.3, -0.25) is 0 Å². The van der Waals surface area contributed by atoms with Gasteiger partial charge in [0.25, 0.3) is 0 Å². The van der Waals surface area contributed by atoms with E-state index in [9.17, 15) is 4.39 Å². The molecule has 0 nitrogen and oxygen atoms in total. The van der Waals surface area contributed by atoms with E-state index in [1.54, 1.807) is 6.07 Å². The molecule has 0 aromatic heterocycles. The Morgan fingerprint density at radius 2 is 1.79 bits per heavy atom. The summed E-state index contributed by atoms with van der Waals surface area (Å²) in [5.74, 6) is -0.117. The van der Waals surface area contributed by atoms with Gasteiger partial charge in [0, 0.05) is 14.9 Å². The smallest absolute Gasteiger partial charge is 0.128 e. The Balaban J connectivity index is 2.34. The average Bonchev–Trinajstić information content (AvgIpc) is 2.42. The maximum atomic E-state index is 14.0. The first-order valence-electron chi connectivity index (χ1n) is 5.84. The molecule has 0 radical (unpaired) electrons. The standard InChI is InChI=1S/C15H12Br2ClF/c1-9(10-5-3-2-4-6-10)15(17)11-7-13(18)12(16)8-14(11)19/h2-9,15H,1H3. The van der Waals surface area contributed by atoms with Crippen molar-refractivity contribution in [2.45, 2.75) is 17.7 Å². The molecule has 2 aromatic rings. The fraction of sp³-hybridized carbons (Fsp3) is 0.200. The van der Waals surface area contributed by atoms with E-state index in [1.807, 2.05) is 30.3 Å². The van der Waals surface area contributed by atoms with Gasteiger partial charge in [-0.1, -0.05) is 64.8 Å². The van der Waals surface area contributed by atoms with Gasteiger partial charge in [-0.15, -0.1) is 0 Å². The number of rotatable bonds is 3. The van der Waals surface area contributed by atoms with Crippen LogP contribution in [-0.4, -0.2) is 0 Å². The molecule has 0 heterocycles. The van der Waals surface area contributed by atoms with Gasteiger partial charge in [-0.05, 0) is 39.5 Å². The van der Waals surface area contributed by atoms with Crippen LogP contribution in [0.3, 0.4) is 0 Å². The maximum absolute atomic E-state index is 14.0.